The summed E-state index contributed by atoms with van der Waals surface area (Å²) in [5.74, 6) is 0.318. The van der Waals surface area contributed by atoms with Crippen LogP contribution in [0.25, 0.3) is 0 Å². The molecular formula is C15H22N2O3S. The minimum atomic E-state index is -3.51. The number of hydrogen-bond acceptors (Lipinski definition) is 3. The number of nitrogens with zero attached hydrogens (tertiary/aromatic N) is 1. The van der Waals surface area contributed by atoms with Crippen molar-refractivity contribution >= 4 is 21.6 Å². The third-order valence-corrected chi connectivity index (χ3v) is 5.45. The Balaban J connectivity index is 2.16. The van der Waals surface area contributed by atoms with Gasteiger partial charge in [-0.25, -0.2) is 13.1 Å². The number of benzene rings is 1. The van der Waals surface area contributed by atoms with E-state index in [0.29, 0.717) is 13.0 Å². The Morgan fingerprint density at radius 2 is 1.76 bits per heavy atom. The predicted octanol–water partition coefficient (Wildman–Crippen LogP) is 2.14. The molecule has 6 heteroatoms. The lowest BCUT2D eigenvalue weighted by atomic mass is 10.1. The molecule has 1 heterocycles. The quantitative estimate of drug-likeness (QED) is 0.906. The van der Waals surface area contributed by atoms with Crippen LogP contribution in [0.2, 0.25) is 0 Å². The van der Waals surface area contributed by atoms with Gasteiger partial charge in [0, 0.05) is 24.7 Å². The standard InChI is InChI=1S/C15H22N2O3S/c1-11(2)12(3)16-21(19,20)14-8-6-13(7-9-14)17-10-4-5-15(17)18/h6-9,11-12,16H,4-5,10H2,1-3H3/t12-/m1/s1. The lowest BCUT2D eigenvalue weighted by Crippen LogP contribution is -2.36. The van der Waals surface area contributed by atoms with Gasteiger partial charge in [-0.15, -0.1) is 0 Å². The van der Waals surface area contributed by atoms with Crippen LogP contribution in [0, 0.1) is 5.92 Å². The first-order valence-corrected chi connectivity index (χ1v) is 8.72. The summed E-state index contributed by atoms with van der Waals surface area (Å²) in [6, 6.07) is 6.36. The van der Waals surface area contributed by atoms with Crippen LogP contribution in [-0.4, -0.2) is 26.9 Å². The van der Waals surface area contributed by atoms with Crippen molar-refractivity contribution in [3.05, 3.63) is 24.3 Å². The Hall–Kier alpha value is -1.40. The molecule has 1 aliphatic rings. The molecule has 1 atom stereocenters. The van der Waals surface area contributed by atoms with Crippen LogP contribution in [-0.2, 0) is 14.8 Å². The van der Waals surface area contributed by atoms with E-state index < -0.39 is 10.0 Å². The number of carbonyl (C=O) groups is 1. The van der Waals surface area contributed by atoms with Gasteiger partial charge < -0.3 is 4.90 Å². The summed E-state index contributed by atoms with van der Waals surface area (Å²) in [7, 11) is -3.51. The molecule has 1 aromatic carbocycles. The molecule has 0 aromatic heterocycles. The Morgan fingerprint density at radius 1 is 1.14 bits per heavy atom. The van der Waals surface area contributed by atoms with Crippen LogP contribution in [0.15, 0.2) is 29.2 Å². The van der Waals surface area contributed by atoms with E-state index >= 15 is 0 Å². The summed E-state index contributed by atoms with van der Waals surface area (Å²) in [4.78, 5) is 13.6. The molecule has 0 radical (unpaired) electrons. The van der Waals surface area contributed by atoms with Crippen LogP contribution < -0.4 is 9.62 Å². The van der Waals surface area contributed by atoms with E-state index in [-0.39, 0.29) is 22.8 Å². The predicted molar refractivity (Wildman–Crippen MR) is 82.7 cm³/mol. The normalized spacial score (nSPS) is 17.5. The molecule has 0 aliphatic carbocycles. The zero-order valence-electron chi connectivity index (χ0n) is 12.7. The average molecular weight is 310 g/mol. The van der Waals surface area contributed by atoms with Crippen molar-refractivity contribution in [3.63, 3.8) is 0 Å². The van der Waals surface area contributed by atoms with E-state index in [4.69, 9.17) is 0 Å². The molecule has 0 spiro atoms. The molecule has 1 amide bonds. The summed E-state index contributed by atoms with van der Waals surface area (Å²) in [6.07, 6.45) is 1.42. The van der Waals surface area contributed by atoms with Gasteiger partial charge in [0.1, 0.15) is 0 Å². The molecule has 1 aromatic rings. The van der Waals surface area contributed by atoms with E-state index in [0.717, 1.165) is 12.1 Å². The van der Waals surface area contributed by atoms with Crippen molar-refractivity contribution in [2.24, 2.45) is 5.92 Å². The first kappa shape index (κ1) is 16.0. The van der Waals surface area contributed by atoms with E-state index in [1.165, 1.54) is 0 Å². The summed E-state index contributed by atoms with van der Waals surface area (Å²) in [5, 5.41) is 0. The SMILES string of the molecule is CC(C)[C@@H](C)NS(=O)(=O)c1ccc(N2CCCC2=O)cc1. The number of nitrogens with one attached hydrogen (secondary N) is 1. The van der Waals surface area contributed by atoms with Crippen molar-refractivity contribution in [2.75, 3.05) is 11.4 Å². The van der Waals surface area contributed by atoms with Crippen molar-refractivity contribution < 1.29 is 13.2 Å². The fraction of sp³-hybridized carbons (Fsp3) is 0.533. The van der Waals surface area contributed by atoms with Gasteiger partial charge in [0.05, 0.1) is 4.90 Å². The van der Waals surface area contributed by atoms with Gasteiger partial charge in [-0.1, -0.05) is 13.8 Å². The van der Waals surface area contributed by atoms with Gasteiger partial charge in [-0.05, 0) is 43.5 Å². The van der Waals surface area contributed by atoms with Crippen LogP contribution in [0.1, 0.15) is 33.6 Å². The summed E-state index contributed by atoms with van der Waals surface area (Å²) >= 11 is 0. The van der Waals surface area contributed by atoms with Crippen LogP contribution in [0.3, 0.4) is 0 Å². The van der Waals surface area contributed by atoms with E-state index in [1.807, 2.05) is 20.8 Å². The van der Waals surface area contributed by atoms with E-state index in [2.05, 4.69) is 4.72 Å². The minimum absolute atomic E-state index is 0.0946. The smallest absolute Gasteiger partial charge is 0.240 e. The third kappa shape index (κ3) is 3.63. The van der Waals surface area contributed by atoms with E-state index in [9.17, 15) is 13.2 Å². The number of sulfonamides is 1. The number of hydrogen-bond donors (Lipinski definition) is 1. The molecule has 0 saturated carbocycles. The van der Waals surface area contributed by atoms with Gasteiger partial charge in [-0.2, -0.15) is 0 Å². The van der Waals surface area contributed by atoms with Crippen LogP contribution >= 0.6 is 0 Å². The first-order chi connectivity index (χ1) is 9.81. The van der Waals surface area contributed by atoms with Gasteiger partial charge >= 0.3 is 0 Å². The van der Waals surface area contributed by atoms with Crippen molar-refractivity contribution in [1.29, 1.82) is 0 Å². The Kier molecular flexibility index (Phi) is 4.68. The van der Waals surface area contributed by atoms with Gasteiger partial charge in [-0.3, -0.25) is 4.79 Å². The second-order valence-corrected chi connectivity index (χ2v) is 7.51. The lowest BCUT2D eigenvalue weighted by Gasteiger charge is -2.19. The van der Waals surface area contributed by atoms with Gasteiger partial charge in [0.2, 0.25) is 15.9 Å². The largest absolute Gasteiger partial charge is 0.312 e. The maximum atomic E-state index is 12.3. The first-order valence-electron chi connectivity index (χ1n) is 7.24. The highest BCUT2D eigenvalue weighted by Gasteiger charge is 2.23. The molecule has 1 aliphatic heterocycles. The molecule has 116 valence electrons. The zero-order chi connectivity index (χ0) is 15.6. The van der Waals surface area contributed by atoms with Crippen LogP contribution in [0.4, 0.5) is 5.69 Å². The maximum absolute atomic E-state index is 12.3. The summed E-state index contributed by atoms with van der Waals surface area (Å²) in [5.41, 5.74) is 0.758. The third-order valence-electron chi connectivity index (χ3n) is 3.87. The number of amides is 1. The minimum Gasteiger partial charge on any atom is -0.312 e. The van der Waals surface area contributed by atoms with Gasteiger partial charge in [0.15, 0.2) is 0 Å². The Morgan fingerprint density at radius 3 is 2.24 bits per heavy atom. The van der Waals surface area contributed by atoms with Gasteiger partial charge in [0.25, 0.3) is 0 Å². The lowest BCUT2D eigenvalue weighted by molar-refractivity contribution is -0.117. The average Bonchev–Trinajstić information content (AvgIpc) is 2.84. The van der Waals surface area contributed by atoms with Crippen molar-refractivity contribution in [3.8, 4) is 0 Å². The Labute approximate surface area is 126 Å². The monoisotopic (exact) mass is 310 g/mol. The molecule has 5 nitrogen and oxygen atoms in total. The van der Waals surface area contributed by atoms with E-state index in [1.54, 1.807) is 29.2 Å². The molecule has 1 saturated heterocycles. The number of anilines is 1. The summed E-state index contributed by atoms with van der Waals surface area (Å²) in [6.45, 7) is 6.48. The van der Waals surface area contributed by atoms with Crippen LogP contribution in [0.5, 0.6) is 0 Å². The topological polar surface area (TPSA) is 66.5 Å². The fourth-order valence-electron chi connectivity index (χ4n) is 2.18. The molecule has 0 bridgehead atoms. The molecule has 21 heavy (non-hydrogen) atoms. The molecule has 1 N–H and O–H groups in total. The molecular weight excluding hydrogens is 288 g/mol. The molecule has 2 rings (SSSR count). The molecule has 0 unspecified atom stereocenters. The highest BCUT2D eigenvalue weighted by Crippen LogP contribution is 2.23. The second-order valence-electron chi connectivity index (χ2n) is 5.80. The number of carbonyl (C=O) groups excluding carboxylic acids is 1. The van der Waals surface area contributed by atoms with Crippen molar-refractivity contribution in [1.82, 2.24) is 4.72 Å². The maximum Gasteiger partial charge on any atom is 0.240 e. The second kappa shape index (κ2) is 6.15. The highest BCUT2D eigenvalue weighted by atomic mass is 32.2. The Bertz CT molecular complexity index is 608. The zero-order valence-corrected chi connectivity index (χ0v) is 13.5. The molecule has 1 fully saturated rings. The fourth-order valence-corrected chi connectivity index (χ4v) is 3.57. The highest BCUT2D eigenvalue weighted by molar-refractivity contribution is 7.89. The summed E-state index contributed by atoms with van der Waals surface area (Å²) < 4.78 is 27.2. The van der Waals surface area contributed by atoms with Crippen molar-refractivity contribution in [2.45, 2.75) is 44.6 Å². The number of rotatable bonds is 5.